The second kappa shape index (κ2) is 13.7. The molecular formula is C47H33N5. The van der Waals surface area contributed by atoms with Gasteiger partial charge in [-0.3, -0.25) is 4.98 Å². The molecule has 1 aliphatic heterocycles. The van der Waals surface area contributed by atoms with E-state index in [0.29, 0.717) is 5.82 Å². The van der Waals surface area contributed by atoms with E-state index in [1.807, 2.05) is 30.5 Å². The SMILES string of the molecule is c1ccc(-c2ccc3c(c2)C(c2ccccc2)NC(c2cc(-c4ccc(-c5ccccn5)cc4)cc(-c4ccc(-c5ncccn5)cc4)c2)=N3)cc1. The lowest BCUT2D eigenvalue weighted by Gasteiger charge is -2.29. The molecule has 52 heavy (non-hydrogen) atoms. The average Bonchev–Trinajstić information content (AvgIpc) is 3.24. The molecule has 0 saturated heterocycles. The van der Waals surface area contributed by atoms with Crippen molar-refractivity contribution < 1.29 is 0 Å². The third kappa shape index (κ3) is 6.28. The van der Waals surface area contributed by atoms with Crippen LogP contribution < -0.4 is 5.32 Å². The zero-order valence-corrected chi connectivity index (χ0v) is 28.3. The summed E-state index contributed by atoms with van der Waals surface area (Å²) in [6, 6.07) is 59.3. The molecular weight excluding hydrogens is 635 g/mol. The Labute approximate surface area is 303 Å². The lowest BCUT2D eigenvalue weighted by molar-refractivity contribution is 0.750. The van der Waals surface area contributed by atoms with Gasteiger partial charge in [-0.15, -0.1) is 0 Å². The Morgan fingerprint density at radius 3 is 1.62 bits per heavy atom. The van der Waals surface area contributed by atoms with Crippen LogP contribution in [0, 0.1) is 0 Å². The van der Waals surface area contributed by atoms with Gasteiger partial charge in [0.05, 0.1) is 17.4 Å². The summed E-state index contributed by atoms with van der Waals surface area (Å²) in [6.45, 7) is 0. The first-order chi connectivity index (χ1) is 25.7. The van der Waals surface area contributed by atoms with E-state index >= 15 is 0 Å². The number of aliphatic imine (C=N–C) groups is 1. The van der Waals surface area contributed by atoms with Crippen LogP contribution in [-0.2, 0) is 0 Å². The molecule has 1 atom stereocenters. The topological polar surface area (TPSA) is 63.1 Å². The number of nitrogens with one attached hydrogen (secondary N) is 1. The van der Waals surface area contributed by atoms with E-state index in [9.17, 15) is 0 Å². The maximum Gasteiger partial charge on any atom is 0.159 e. The highest BCUT2D eigenvalue weighted by Crippen LogP contribution is 2.39. The number of aromatic nitrogens is 3. The summed E-state index contributed by atoms with van der Waals surface area (Å²) in [7, 11) is 0. The minimum Gasteiger partial charge on any atom is -0.359 e. The van der Waals surface area contributed by atoms with Crippen molar-refractivity contribution in [1.29, 1.82) is 0 Å². The number of amidine groups is 1. The fraction of sp³-hybridized carbons (Fsp3) is 0.0213. The van der Waals surface area contributed by atoms with Crippen molar-refractivity contribution in [3.8, 4) is 56.0 Å². The second-order valence-electron chi connectivity index (χ2n) is 12.8. The lowest BCUT2D eigenvalue weighted by atomic mass is 9.91. The van der Waals surface area contributed by atoms with Crippen molar-refractivity contribution in [2.75, 3.05) is 0 Å². The van der Waals surface area contributed by atoms with Crippen molar-refractivity contribution in [3.05, 3.63) is 205 Å². The Hall–Kier alpha value is -6.98. The van der Waals surface area contributed by atoms with Gasteiger partial charge in [0.15, 0.2) is 5.82 Å². The van der Waals surface area contributed by atoms with Crippen LogP contribution in [0.2, 0.25) is 0 Å². The Morgan fingerprint density at radius 2 is 0.942 bits per heavy atom. The van der Waals surface area contributed by atoms with Crippen molar-refractivity contribution in [2.45, 2.75) is 6.04 Å². The van der Waals surface area contributed by atoms with Crippen molar-refractivity contribution >= 4 is 11.5 Å². The van der Waals surface area contributed by atoms with Crippen LogP contribution in [0.3, 0.4) is 0 Å². The molecule has 0 aliphatic carbocycles. The highest BCUT2D eigenvalue weighted by atomic mass is 15.1. The Morgan fingerprint density at radius 1 is 0.385 bits per heavy atom. The number of rotatable bonds is 7. The molecule has 0 bridgehead atoms. The summed E-state index contributed by atoms with van der Waals surface area (Å²) in [5.74, 6) is 1.54. The molecule has 5 heteroatoms. The molecule has 8 aromatic rings. The number of hydrogen-bond acceptors (Lipinski definition) is 5. The predicted octanol–water partition coefficient (Wildman–Crippen LogP) is 11.0. The molecule has 0 spiro atoms. The van der Waals surface area contributed by atoms with E-state index < -0.39 is 0 Å². The van der Waals surface area contributed by atoms with Crippen LogP contribution in [0.4, 0.5) is 5.69 Å². The maximum absolute atomic E-state index is 5.28. The van der Waals surface area contributed by atoms with Gasteiger partial charge in [-0.1, -0.05) is 121 Å². The molecule has 0 fully saturated rings. The first-order valence-corrected chi connectivity index (χ1v) is 17.4. The fourth-order valence-corrected chi connectivity index (χ4v) is 6.85. The van der Waals surface area contributed by atoms with Gasteiger partial charge in [0, 0.05) is 40.8 Å². The van der Waals surface area contributed by atoms with E-state index in [1.165, 1.54) is 16.7 Å². The molecule has 0 amide bonds. The monoisotopic (exact) mass is 667 g/mol. The van der Waals surface area contributed by atoms with Crippen LogP contribution in [0.1, 0.15) is 22.7 Å². The minimum absolute atomic E-state index is 0.0812. The average molecular weight is 668 g/mol. The smallest absolute Gasteiger partial charge is 0.159 e. The molecule has 0 radical (unpaired) electrons. The van der Waals surface area contributed by atoms with Crippen LogP contribution in [0.25, 0.3) is 56.0 Å². The van der Waals surface area contributed by atoms with Gasteiger partial charge >= 0.3 is 0 Å². The second-order valence-corrected chi connectivity index (χ2v) is 12.8. The van der Waals surface area contributed by atoms with Gasteiger partial charge in [-0.2, -0.15) is 0 Å². The van der Waals surface area contributed by atoms with Crippen molar-refractivity contribution in [2.24, 2.45) is 4.99 Å². The Balaban J connectivity index is 1.16. The summed E-state index contributed by atoms with van der Waals surface area (Å²) >= 11 is 0. The molecule has 9 rings (SSSR count). The quantitative estimate of drug-likeness (QED) is 0.184. The maximum atomic E-state index is 5.28. The molecule has 6 aromatic carbocycles. The molecule has 1 N–H and O–H groups in total. The van der Waals surface area contributed by atoms with Crippen molar-refractivity contribution in [1.82, 2.24) is 20.3 Å². The molecule has 0 saturated carbocycles. The number of benzene rings is 6. The minimum atomic E-state index is -0.0812. The molecule has 2 aromatic heterocycles. The first-order valence-electron chi connectivity index (χ1n) is 17.4. The molecule has 3 heterocycles. The number of hydrogen-bond donors (Lipinski definition) is 1. The largest absolute Gasteiger partial charge is 0.359 e. The number of nitrogens with zero attached hydrogens (tertiary/aromatic N) is 4. The zero-order chi connectivity index (χ0) is 34.7. The summed E-state index contributed by atoms with van der Waals surface area (Å²) < 4.78 is 0. The van der Waals surface area contributed by atoms with Crippen LogP contribution in [0.15, 0.2) is 193 Å². The molecule has 5 nitrogen and oxygen atoms in total. The molecule has 1 aliphatic rings. The van der Waals surface area contributed by atoms with E-state index in [-0.39, 0.29) is 6.04 Å². The van der Waals surface area contributed by atoms with Gasteiger partial charge in [0.2, 0.25) is 0 Å². The Kier molecular flexibility index (Phi) is 8.20. The fourth-order valence-electron chi connectivity index (χ4n) is 6.85. The van der Waals surface area contributed by atoms with Crippen LogP contribution in [-0.4, -0.2) is 20.8 Å². The van der Waals surface area contributed by atoms with Gasteiger partial charge < -0.3 is 5.32 Å². The first kappa shape index (κ1) is 31.0. The summed E-state index contributed by atoms with van der Waals surface area (Å²) in [5, 5.41) is 3.86. The highest BCUT2D eigenvalue weighted by Gasteiger charge is 2.25. The summed E-state index contributed by atoms with van der Waals surface area (Å²) in [4.78, 5) is 18.7. The summed E-state index contributed by atoms with van der Waals surface area (Å²) in [6.07, 6.45) is 5.37. The van der Waals surface area contributed by atoms with Gasteiger partial charge in [-0.05, 0) is 87.5 Å². The highest BCUT2D eigenvalue weighted by molar-refractivity contribution is 6.04. The standard InChI is InChI=1S/C47H33N5/c1-3-10-32(11-4-1)38-23-24-44-42(31-38)45(36-12-5-2-6-13-36)52-47(51-44)41-29-39(33-15-19-35(20-16-33)43-14-7-8-25-48-43)28-40(30-41)34-17-21-37(22-18-34)46-49-26-9-27-50-46/h1-31,45H,(H,51,52). The van der Waals surface area contributed by atoms with Gasteiger partial charge in [-0.25, -0.2) is 15.0 Å². The predicted molar refractivity (Wildman–Crippen MR) is 211 cm³/mol. The van der Waals surface area contributed by atoms with Gasteiger partial charge in [0.1, 0.15) is 5.84 Å². The Bertz CT molecular complexity index is 2400. The number of fused-ring (bicyclic) bond motifs is 1. The van der Waals surface area contributed by atoms with Crippen LogP contribution >= 0.6 is 0 Å². The number of pyridine rings is 1. The van der Waals surface area contributed by atoms with E-state index in [1.54, 1.807) is 12.4 Å². The van der Waals surface area contributed by atoms with E-state index in [4.69, 9.17) is 4.99 Å². The van der Waals surface area contributed by atoms with E-state index in [2.05, 4.69) is 166 Å². The third-order valence-electron chi connectivity index (χ3n) is 9.52. The van der Waals surface area contributed by atoms with Gasteiger partial charge in [0.25, 0.3) is 0 Å². The van der Waals surface area contributed by atoms with E-state index in [0.717, 1.165) is 61.7 Å². The molecule has 1 unspecified atom stereocenters. The van der Waals surface area contributed by atoms with Crippen LogP contribution in [0.5, 0.6) is 0 Å². The van der Waals surface area contributed by atoms with Crippen molar-refractivity contribution in [3.63, 3.8) is 0 Å². The summed E-state index contributed by atoms with van der Waals surface area (Å²) in [5.41, 5.74) is 14.1. The molecule has 246 valence electrons. The third-order valence-corrected chi connectivity index (χ3v) is 9.52. The zero-order valence-electron chi connectivity index (χ0n) is 28.3. The lowest BCUT2D eigenvalue weighted by Crippen LogP contribution is -2.32. The normalized spacial score (nSPS) is 13.5.